The first kappa shape index (κ1) is 25.2. The molecule has 0 atom stereocenters. The number of benzene rings is 2. The summed E-state index contributed by atoms with van der Waals surface area (Å²) < 4.78 is 27.6. The Kier molecular flexibility index (Phi) is 8.85. The Balaban J connectivity index is 1.53. The predicted molar refractivity (Wildman–Crippen MR) is 129 cm³/mol. The molecule has 2 amide bonds. The van der Waals surface area contributed by atoms with Crippen LogP contribution in [0, 0.1) is 0 Å². The summed E-state index contributed by atoms with van der Waals surface area (Å²) in [5.41, 5.74) is 1.53. The molecule has 33 heavy (non-hydrogen) atoms. The van der Waals surface area contributed by atoms with E-state index in [1.54, 1.807) is 0 Å². The van der Waals surface area contributed by atoms with Gasteiger partial charge in [0.25, 0.3) is 0 Å². The van der Waals surface area contributed by atoms with Crippen LogP contribution in [0.2, 0.25) is 5.02 Å². The first-order chi connectivity index (χ1) is 15.8. The zero-order chi connectivity index (χ0) is 23.8. The van der Waals surface area contributed by atoms with E-state index in [0.717, 1.165) is 6.42 Å². The van der Waals surface area contributed by atoms with Crippen LogP contribution >= 0.6 is 11.6 Å². The van der Waals surface area contributed by atoms with Crippen LogP contribution < -0.4 is 10.6 Å². The first-order valence-electron chi connectivity index (χ1n) is 10.9. The van der Waals surface area contributed by atoms with Crippen molar-refractivity contribution in [3.8, 4) is 0 Å². The highest BCUT2D eigenvalue weighted by molar-refractivity contribution is 7.89. The molecule has 0 bridgehead atoms. The van der Waals surface area contributed by atoms with Crippen molar-refractivity contribution in [1.82, 2.24) is 14.5 Å². The number of halogens is 1. The second kappa shape index (κ2) is 11.6. The molecule has 0 spiro atoms. The summed E-state index contributed by atoms with van der Waals surface area (Å²) in [6.45, 7) is 3.90. The van der Waals surface area contributed by atoms with Gasteiger partial charge in [0, 0.05) is 33.1 Å². The molecular formula is C23H29ClN4O4S. The zero-order valence-corrected chi connectivity index (χ0v) is 20.2. The van der Waals surface area contributed by atoms with Crippen LogP contribution in [0.1, 0.15) is 18.9 Å². The molecule has 1 fully saturated rings. The fraction of sp³-hybridized carbons (Fsp3) is 0.391. The van der Waals surface area contributed by atoms with E-state index in [9.17, 15) is 18.0 Å². The Morgan fingerprint density at radius 2 is 1.79 bits per heavy atom. The average Bonchev–Trinajstić information content (AvgIpc) is 3.01. The molecule has 0 unspecified atom stereocenters. The maximum Gasteiger partial charge on any atom is 0.243 e. The fourth-order valence-corrected chi connectivity index (χ4v) is 5.48. The number of nitrogens with zero attached hydrogens (tertiary/aromatic N) is 2. The van der Waals surface area contributed by atoms with Gasteiger partial charge in [0.05, 0.1) is 22.2 Å². The average molecular weight is 493 g/mol. The number of anilines is 1. The highest BCUT2D eigenvalue weighted by Crippen LogP contribution is 2.27. The normalized spacial score (nSPS) is 15.6. The second-order valence-corrected chi connectivity index (χ2v) is 10.3. The van der Waals surface area contributed by atoms with Gasteiger partial charge >= 0.3 is 0 Å². The number of carbonyl (C=O) groups excluding carboxylic acids is 2. The van der Waals surface area contributed by atoms with Crippen LogP contribution in [0.15, 0.2) is 53.4 Å². The van der Waals surface area contributed by atoms with Crippen molar-refractivity contribution in [1.29, 1.82) is 0 Å². The fourth-order valence-electron chi connectivity index (χ4n) is 3.69. The van der Waals surface area contributed by atoms with Crippen LogP contribution in [0.5, 0.6) is 0 Å². The lowest BCUT2D eigenvalue weighted by atomic mass is 10.1. The van der Waals surface area contributed by atoms with Gasteiger partial charge in [0.1, 0.15) is 0 Å². The number of carbonyl (C=O) groups is 2. The minimum atomic E-state index is -3.74. The van der Waals surface area contributed by atoms with Crippen molar-refractivity contribution < 1.29 is 18.0 Å². The summed E-state index contributed by atoms with van der Waals surface area (Å²) in [6, 6.07) is 14.2. The molecule has 0 aromatic heterocycles. The molecule has 2 N–H and O–H groups in total. The van der Waals surface area contributed by atoms with Gasteiger partial charge in [0.15, 0.2) is 0 Å². The van der Waals surface area contributed by atoms with Crippen LogP contribution in [0.25, 0.3) is 0 Å². The molecule has 10 heteroatoms. The molecule has 3 rings (SSSR count). The van der Waals surface area contributed by atoms with E-state index in [0.29, 0.717) is 38.3 Å². The molecule has 178 valence electrons. The molecule has 8 nitrogen and oxygen atoms in total. The Labute approximate surface area is 200 Å². The monoisotopic (exact) mass is 492 g/mol. The van der Waals surface area contributed by atoms with Crippen molar-refractivity contribution in [2.24, 2.45) is 0 Å². The van der Waals surface area contributed by atoms with Crippen molar-refractivity contribution in [2.45, 2.75) is 24.7 Å². The summed E-state index contributed by atoms with van der Waals surface area (Å²) in [4.78, 5) is 25.6. The number of hydrogen-bond acceptors (Lipinski definition) is 5. The Bertz CT molecular complexity index is 1080. The van der Waals surface area contributed by atoms with Crippen LogP contribution in [-0.4, -0.2) is 68.7 Å². The molecule has 0 radical (unpaired) electrons. The third-order valence-electron chi connectivity index (χ3n) is 5.38. The minimum Gasteiger partial charge on any atom is -0.355 e. The van der Waals surface area contributed by atoms with Gasteiger partial charge in [-0.3, -0.25) is 14.5 Å². The van der Waals surface area contributed by atoms with Crippen LogP contribution in [0.4, 0.5) is 5.69 Å². The van der Waals surface area contributed by atoms with E-state index in [1.807, 2.05) is 35.2 Å². The van der Waals surface area contributed by atoms with Gasteiger partial charge in [-0.2, -0.15) is 4.31 Å². The summed E-state index contributed by atoms with van der Waals surface area (Å²) >= 11 is 6.16. The van der Waals surface area contributed by atoms with E-state index in [2.05, 4.69) is 10.6 Å². The van der Waals surface area contributed by atoms with E-state index < -0.39 is 10.0 Å². The van der Waals surface area contributed by atoms with Gasteiger partial charge < -0.3 is 10.6 Å². The Hall–Kier alpha value is -2.46. The smallest absolute Gasteiger partial charge is 0.243 e. The molecular weight excluding hydrogens is 464 g/mol. The molecule has 0 saturated carbocycles. The van der Waals surface area contributed by atoms with Gasteiger partial charge in [0.2, 0.25) is 21.8 Å². The van der Waals surface area contributed by atoms with E-state index in [-0.39, 0.29) is 34.8 Å². The van der Waals surface area contributed by atoms with E-state index in [1.165, 1.54) is 35.0 Å². The lowest BCUT2D eigenvalue weighted by Crippen LogP contribution is -2.40. The number of sulfonamides is 1. The van der Waals surface area contributed by atoms with Crippen LogP contribution in [-0.2, 0) is 26.0 Å². The van der Waals surface area contributed by atoms with Crippen molar-refractivity contribution >= 4 is 39.1 Å². The summed E-state index contributed by atoms with van der Waals surface area (Å²) in [7, 11) is -3.74. The molecule has 1 aliphatic rings. The molecule has 2 aromatic rings. The topological polar surface area (TPSA) is 98.8 Å². The molecule has 1 heterocycles. The number of rotatable bonds is 8. The van der Waals surface area contributed by atoms with Crippen molar-refractivity contribution in [3.63, 3.8) is 0 Å². The van der Waals surface area contributed by atoms with Gasteiger partial charge in [-0.05, 0) is 43.1 Å². The van der Waals surface area contributed by atoms with E-state index in [4.69, 9.17) is 11.6 Å². The maximum absolute atomic E-state index is 13.1. The standard InChI is InChI=1S/C23H29ClN4O4S/c1-18(29)26-22-9-8-20(16-21(22)24)33(31,32)28-13-5-12-27(14-15-28)17-23(30)25-11-10-19-6-3-2-4-7-19/h2-4,6-9,16H,5,10-15,17H2,1H3,(H,25,30)(H,26,29). The SMILES string of the molecule is CC(=O)Nc1ccc(S(=O)(=O)N2CCCN(CC(=O)NCCc3ccccc3)CC2)cc1Cl. The molecule has 1 aliphatic heterocycles. The summed E-state index contributed by atoms with van der Waals surface area (Å²) in [5.74, 6) is -0.355. The first-order valence-corrected chi connectivity index (χ1v) is 12.7. The third kappa shape index (κ3) is 7.26. The maximum atomic E-state index is 13.1. The largest absolute Gasteiger partial charge is 0.355 e. The molecule has 2 aromatic carbocycles. The zero-order valence-electron chi connectivity index (χ0n) is 18.6. The Morgan fingerprint density at radius 1 is 1.03 bits per heavy atom. The van der Waals surface area contributed by atoms with Gasteiger partial charge in [-0.15, -0.1) is 0 Å². The Morgan fingerprint density at radius 3 is 2.48 bits per heavy atom. The molecule has 1 saturated heterocycles. The number of amides is 2. The van der Waals surface area contributed by atoms with E-state index >= 15 is 0 Å². The third-order valence-corrected chi connectivity index (χ3v) is 7.59. The van der Waals surface area contributed by atoms with Gasteiger partial charge in [-0.25, -0.2) is 8.42 Å². The van der Waals surface area contributed by atoms with Gasteiger partial charge in [-0.1, -0.05) is 41.9 Å². The van der Waals surface area contributed by atoms with Crippen molar-refractivity contribution in [2.75, 3.05) is 44.6 Å². The summed E-state index contributed by atoms with van der Waals surface area (Å²) in [5, 5.41) is 5.66. The number of nitrogens with one attached hydrogen (secondary N) is 2. The lowest BCUT2D eigenvalue weighted by Gasteiger charge is -2.22. The number of hydrogen-bond donors (Lipinski definition) is 2. The van der Waals surface area contributed by atoms with Crippen LogP contribution in [0.3, 0.4) is 0 Å². The second-order valence-electron chi connectivity index (χ2n) is 7.94. The van der Waals surface area contributed by atoms with Crippen molar-refractivity contribution in [3.05, 3.63) is 59.1 Å². The highest BCUT2D eigenvalue weighted by atomic mass is 35.5. The molecule has 0 aliphatic carbocycles. The highest BCUT2D eigenvalue weighted by Gasteiger charge is 2.28. The minimum absolute atomic E-state index is 0.0671. The predicted octanol–water partition coefficient (Wildman–Crippen LogP) is 2.35. The quantitative estimate of drug-likeness (QED) is 0.589. The lowest BCUT2D eigenvalue weighted by molar-refractivity contribution is -0.122. The summed E-state index contributed by atoms with van der Waals surface area (Å²) in [6.07, 6.45) is 1.39.